The number of thioether (sulfide) groups is 1. The molecule has 3 N–H and O–H groups in total. The van der Waals surface area contributed by atoms with Gasteiger partial charge in [-0.1, -0.05) is 36.9 Å². The molecule has 9 nitrogen and oxygen atoms in total. The number of carbonyl (C=O) groups is 1. The van der Waals surface area contributed by atoms with Crippen molar-refractivity contribution in [1.29, 1.82) is 0 Å². The monoisotopic (exact) mass is 484 g/mol. The van der Waals surface area contributed by atoms with Gasteiger partial charge in [0.25, 0.3) is 0 Å². The van der Waals surface area contributed by atoms with E-state index >= 15 is 0 Å². The Morgan fingerprint density at radius 2 is 1.94 bits per heavy atom. The van der Waals surface area contributed by atoms with Gasteiger partial charge in [-0.2, -0.15) is 4.31 Å². The smallest absolute Gasteiger partial charge is 0.243 e. The lowest BCUT2D eigenvalue weighted by molar-refractivity contribution is -0.113. The fraction of sp³-hybridized carbons (Fsp3) is 0.526. The standard InChI is InChI=1S/C19H28N6O3S3/c1-3-25(4-2)31(27,28)14-8-9-16(24-10-6-5-7-11-24)15(12-14)21-17(26)13-29-19-23-22-18(20)30-19/h8-9,12H,3-7,10-11,13H2,1-2H3,(H2,20,22)(H,21,26). The minimum atomic E-state index is -3.63. The van der Waals surface area contributed by atoms with Crippen LogP contribution in [0.4, 0.5) is 16.5 Å². The molecule has 1 amide bonds. The molecule has 3 rings (SSSR count). The fourth-order valence-corrected chi connectivity index (χ4v) is 6.41. The van der Waals surface area contributed by atoms with Crippen molar-refractivity contribution >= 4 is 55.5 Å². The molecule has 0 bridgehead atoms. The highest BCUT2D eigenvalue weighted by molar-refractivity contribution is 8.01. The van der Waals surface area contributed by atoms with Crippen LogP contribution in [0.15, 0.2) is 27.4 Å². The van der Waals surface area contributed by atoms with Crippen molar-refractivity contribution in [3.8, 4) is 0 Å². The first-order valence-electron chi connectivity index (χ1n) is 10.3. The van der Waals surface area contributed by atoms with Gasteiger partial charge in [0, 0.05) is 26.2 Å². The first kappa shape index (κ1) is 23.8. The molecule has 1 fully saturated rings. The van der Waals surface area contributed by atoms with Crippen LogP contribution >= 0.6 is 23.1 Å². The number of anilines is 3. The van der Waals surface area contributed by atoms with Gasteiger partial charge in [-0.05, 0) is 37.5 Å². The highest BCUT2D eigenvalue weighted by Crippen LogP contribution is 2.32. The van der Waals surface area contributed by atoms with Crippen LogP contribution in [-0.4, -0.2) is 60.8 Å². The number of nitrogens with zero attached hydrogens (tertiary/aromatic N) is 4. The molecule has 0 atom stereocenters. The molecule has 2 aromatic rings. The zero-order valence-electron chi connectivity index (χ0n) is 17.7. The van der Waals surface area contributed by atoms with Crippen LogP contribution in [0.25, 0.3) is 0 Å². The SMILES string of the molecule is CCN(CC)S(=O)(=O)c1ccc(N2CCCCC2)c(NC(=O)CSc2nnc(N)s2)c1. The summed E-state index contributed by atoms with van der Waals surface area (Å²) >= 11 is 2.47. The third-order valence-corrected chi connectivity index (χ3v) is 8.96. The summed E-state index contributed by atoms with van der Waals surface area (Å²) < 4.78 is 28.0. The number of nitrogens with two attached hydrogens (primary N) is 1. The maximum atomic E-state index is 13.0. The number of amides is 1. The lowest BCUT2D eigenvalue weighted by atomic mass is 10.1. The highest BCUT2D eigenvalue weighted by atomic mass is 32.2. The van der Waals surface area contributed by atoms with Gasteiger partial charge in [0.15, 0.2) is 4.34 Å². The molecule has 31 heavy (non-hydrogen) atoms. The van der Waals surface area contributed by atoms with E-state index in [0.717, 1.165) is 31.6 Å². The van der Waals surface area contributed by atoms with Crippen LogP contribution < -0.4 is 16.0 Å². The van der Waals surface area contributed by atoms with Gasteiger partial charge in [0.05, 0.1) is 22.0 Å². The number of piperidine rings is 1. The lowest BCUT2D eigenvalue weighted by Crippen LogP contribution is -2.32. The van der Waals surface area contributed by atoms with Gasteiger partial charge in [0.2, 0.25) is 21.1 Å². The second kappa shape index (κ2) is 10.6. The summed E-state index contributed by atoms with van der Waals surface area (Å²) in [7, 11) is -3.63. The van der Waals surface area contributed by atoms with E-state index in [2.05, 4.69) is 20.4 Å². The number of hydrogen-bond donors (Lipinski definition) is 2. The molecule has 0 aliphatic carbocycles. The molecular formula is C19H28N6O3S3. The largest absolute Gasteiger partial charge is 0.374 e. The van der Waals surface area contributed by atoms with Crippen LogP contribution in [0.2, 0.25) is 0 Å². The second-order valence-corrected chi connectivity index (χ2v) is 11.2. The van der Waals surface area contributed by atoms with Crippen LogP contribution in [0.5, 0.6) is 0 Å². The molecule has 1 saturated heterocycles. The fourth-order valence-electron chi connectivity index (χ4n) is 3.49. The highest BCUT2D eigenvalue weighted by Gasteiger charge is 2.24. The zero-order valence-corrected chi connectivity index (χ0v) is 20.2. The summed E-state index contributed by atoms with van der Waals surface area (Å²) in [6.45, 7) is 6.15. The predicted molar refractivity (Wildman–Crippen MR) is 126 cm³/mol. The molecule has 0 unspecified atom stereocenters. The van der Waals surface area contributed by atoms with Crippen molar-refractivity contribution in [3.05, 3.63) is 18.2 Å². The maximum Gasteiger partial charge on any atom is 0.243 e. The summed E-state index contributed by atoms with van der Waals surface area (Å²) in [5.41, 5.74) is 6.94. The Hall–Kier alpha value is -1.89. The second-order valence-electron chi connectivity index (χ2n) is 7.06. The minimum Gasteiger partial charge on any atom is -0.374 e. The number of nitrogen functional groups attached to an aromatic ring is 1. The van der Waals surface area contributed by atoms with Gasteiger partial charge in [0.1, 0.15) is 0 Å². The van der Waals surface area contributed by atoms with E-state index < -0.39 is 10.0 Å². The van der Waals surface area contributed by atoms with Crippen molar-refractivity contribution in [1.82, 2.24) is 14.5 Å². The van der Waals surface area contributed by atoms with E-state index in [1.165, 1.54) is 33.8 Å². The van der Waals surface area contributed by atoms with Crippen LogP contribution in [0, 0.1) is 0 Å². The normalized spacial score (nSPS) is 14.7. The Morgan fingerprint density at radius 1 is 1.23 bits per heavy atom. The first-order chi connectivity index (χ1) is 14.8. The lowest BCUT2D eigenvalue weighted by Gasteiger charge is -2.31. The molecule has 2 heterocycles. The van der Waals surface area contributed by atoms with E-state index in [9.17, 15) is 13.2 Å². The zero-order chi connectivity index (χ0) is 22.4. The molecule has 1 aromatic heterocycles. The van der Waals surface area contributed by atoms with E-state index in [-0.39, 0.29) is 16.6 Å². The van der Waals surface area contributed by atoms with Gasteiger partial charge >= 0.3 is 0 Å². The average molecular weight is 485 g/mol. The third-order valence-electron chi connectivity index (χ3n) is 5.03. The van der Waals surface area contributed by atoms with Gasteiger partial charge in [-0.15, -0.1) is 10.2 Å². The summed E-state index contributed by atoms with van der Waals surface area (Å²) in [5.74, 6) is -0.115. The van der Waals surface area contributed by atoms with Crippen molar-refractivity contribution in [2.24, 2.45) is 0 Å². The van der Waals surface area contributed by atoms with E-state index in [4.69, 9.17) is 5.73 Å². The third kappa shape index (κ3) is 5.88. The van der Waals surface area contributed by atoms with Gasteiger partial charge < -0.3 is 16.0 Å². The van der Waals surface area contributed by atoms with Crippen LogP contribution in [-0.2, 0) is 14.8 Å². The average Bonchev–Trinajstić information content (AvgIpc) is 3.18. The number of sulfonamides is 1. The van der Waals surface area contributed by atoms with Crippen LogP contribution in [0.3, 0.4) is 0 Å². The number of nitrogens with one attached hydrogen (secondary N) is 1. The molecule has 1 aromatic carbocycles. The molecule has 0 radical (unpaired) electrons. The van der Waals surface area contributed by atoms with Gasteiger partial charge in [-0.3, -0.25) is 4.79 Å². The molecule has 12 heteroatoms. The number of rotatable bonds is 9. The molecule has 0 saturated carbocycles. The Labute approximate surface area is 191 Å². The number of benzene rings is 1. The maximum absolute atomic E-state index is 13.0. The topological polar surface area (TPSA) is 122 Å². The van der Waals surface area contributed by atoms with Crippen molar-refractivity contribution in [2.75, 3.05) is 47.9 Å². The molecule has 0 spiro atoms. The Balaban J connectivity index is 1.85. The van der Waals surface area contributed by atoms with Crippen molar-refractivity contribution in [2.45, 2.75) is 42.3 Å². The minimum absolute atomic E-state index is 0.126. The molecular weight excluding hydrogens is 456 g/mol. The van der Waals surface area contributed by atoms with Crippen LogP contribution in [0.1, 0.15) is 33.1 Å². The summed E-state index contributed by atoms with van der Waals surface area (Å²) in [6, 6.07) is 5.00. The van der Waals surface area contributed by atoms with E-state index in [1.807, 2.05) is 13.8 Å². The summed E-state index contributed by atoms with van der Waals surface area (Å²) in [6.07, 6.45) is 3.32. The Morgan fingerprint density at radius 3 is 2.55 bits per heavy atom. The summed E-state index contributed by atoms with van der Waals surface area (Å²) in [5, 5.41) is 10.9. The summed E-state index contributed by atoms with van der Waals surface area (Å²) in [4.78, 5) is 15.0. The molecule has 1 aliphatic heterocycles. The first-order valence-corrected chi connectivity index (χ1v) is 13.5. The van der Waals surface area contributed by atoms with Gasteiger partial charge in [-0.25, -0.2) is 8.42 Å². The Bertz CT molecular complexity index is 1000. The van der Waals surface area contributed by atoms with E-state index in [1.54, 1.807) is 18.2 Å². The van der Waals surface area contributed by atoms with E-state index in [0.29, 0.717) is 28.2 Å². The Kier molecular flexibility index (Phi) is 8.14. The molecule has 1 aliphatic rings. The predicted octanol–water partition coefficient (Wildman–Crippen LogP) is 2.87. The number of carbonyl (C=O) groups excluding carboxylic acids is 1. The molecule has 170 valence electrons. The van der Waals surface area contributed by atoms with Crippen molar-refractivity contribution < 1.29 is 13.2 Å². The quantitative estimate of drug-likeness (QED) is 0.521. The number of hydrogen-bond acceptors (Lipinski definition) is 9. The number of aromatic nitrogens is 2. The van der Waals surface area contributed by atoms with Crippen molar-refractivity contribution in [3.63, 3.8) is 0 Å².